The lowest BCUT2D eigenvalue weighted by Crippen LogP contribution is -2.47. The molecule has 12 nitrogen and oxygen atoms in total. The Morgan fingerprint density at radius 3 is 2.57 bits per heavy atom. The number of benzene rings is 1. The Hall–Kier alpha value is -3.44. The molecule has 0 saturated carbocycles. The highest BCUT2D eigenvalue weighted by atomic mass is 16.5. The highest BCUT2D eigenvalue weighted by Gasteiger charge is 2.43. The van der Waals surface area contributed by atoms with Gasteiger partial charge in [0.1, 0.15) is 6.23 Å². The number of hydrogen-bond donors (Lipinski definition) is 2. The summed E-state index contributed by atoms with van der Waals surface area (Å²) in [5.41, 5.74) is 8.41. The van der Waals surface area contributed by atoms with Gasteiger partial charge in [-0.2, -0.15) is 0 Å². The summed E-state index contributed by atoms with van der Waals surface area (Å²) in [4.78, 5) is 42.5. The number of aryl methyl sites for hydroxylation is 1. The molecule has 0 amide bonds. The van der Waals surface area contributed by atoms with Crippen LogP contribution in [-0.4, -0.2) is 71.0 Å². The lowest BCUT2D eigenvalue weighted by molar-refractivity contribution is -0.152. The summed E-state index contributed by atoms with van der Waals surface area (Å²) in [5.74, 6) is -0.0655. The minimum atomic E-state index is -0.671. The number of carbonyl (C=O) groups excluding carboxylic acids is 1. The van der Waals surface area contributed by atoms with Crippen LogP contribution in [0.1, 0.15) is 43.5 Å². The Morgan fingerprint density at radius 2 is 1.97 bits per heavy atom. The van der Waals surface area contributed by atoms with Crippen LogP contribution >= 0.6 is 0 Å². The molecule has 2 N–H and O–H groups in total. The molecule has 0 unspecified atom stereocenters. The van der Waals surface area contributed by atoms with E-state index in [1.165, 1.54) is 10.8 Å². The van der Waals surface area contributed by atoms with Crippen molar-refractivity contribution in [2.45, 2.75) is 56.9 Å². The maximum absolute atomic E-state index is 12.4. The number of hydrogen-bond acceptors (Lipinski definition) is 8. The Kier molecular flexibility index (Phi) is 9.65. The maximum Gasteiger partial charge on any atom is 0.330 e. The van der Waals surface area contributed by atoms with E-state index in [0.717, 1.165) is 31.5 Å². The Bertz CT molecular complexity index is 1210. The number of H-pyrrole nitrogens is 1. The number of azide groups is 1. The van der Waals surface area contributed by atoms with Gasteiger partial charge in [0.25, 0.3) is 5.56 Å². The van der Waals surface area contributed by atoms with Gasteiger partial charge >= 0.3 is 11.7 Å². The summed E-state index contributed by atoms with van der Waals surface area (Å²) >= 11 is 0. The fourth-order valence-corrected chi connectivity index (χ4v) is 4.68. The van der Waals surface area contributed by atoms with Crippen LogP contribution in [-0.2, 0) is 19.7 Å². The second-order valence-electron chi connectivity index (χ2n) is 9.27. The average Bonchev–Trinajstić information content (AvgIpc) is 3.31. The number of nitrogens with zero attached hydrogens (tertiary/aromatic N) is 5. The number of nitrogens with one attached hydrogen (secondary N) is 1. The molecule has 200 valence electrons. The highest BCUT2D eigenvalue weighted by molar-refractivity contribution is 5.83. The monoisotopic (exact) mass is 514 g/mol. The first kappa shape index (κ1) is 28.1. The molecule has 0 aliphatic carbocycles. The molecule has 3 atom stereocenters. The van der Waals surface area contributed by atoms with Crippen LogP contribution in [0.2, 0.25) is 0 Å². The third-order valence-corrected chi connectivity index (χ3v) is 6.87. The van der Waals surface area contributed by atoms with Crippen LogP contribution in [0.4, 0.5) is 0 Å². The molecule has 2 aromatic rings. The Morgan fingerprint density at radius 1 is 1.30 bits per heavy atom. The van der Waals surface area contributed by atoms with Gasteiger partial charge in [-0.3, -0.25) is 19.1 Å². The van der Waals surface area contributed by atoms with Gasteiger partial charge in [0.2, 0.25) is 0 Å². The molecular formula is C25H34N6O6. The van der Waals surface area contributed by atoms with Gasteiger partial charge in [-0.25, -0.2) is 4.79 Å². The van der Waals surface area contributed by atoms with E-state index in [9.17, 15) is 14.4 Å². The quantitative estimate of drug-likeness (QED) is 0.258. The Balaban J connectivity index is 0.000000206. The van der Waals surface area contributed by atoms with E-state index in [4.69, 9.17) is 20.1 Å². The molecule has 1 aromatic carbocycles. The van der Waals surface area contributed by atoms with Crippen molar-refractivity contribution in [3.63, 3.8) is 0 Å². The Labute approximate surface area is 214 Å². The molecule has 2 saturated heterocycles. The molecule has 3 heterocycles. The SMILES string of the molecule is CCOC(=O)C1(c2ccccc2)CCN(C)CC1.Cc1cn([C@H]2C[C@H](N=[N+]=[N-])[C@@H](CO)O2)c(=O)[nH]c1=O. The summed E-state index contributed by atoms with van der Waals surface area (Å²) in [7, 11) is 2.10. The zero-order valence-corrected chi connectivity index (χ0v) is 21.4. The van der Waals surface area contributed by atoms with Crippen molar-refractivity contribution >= 4 is 5.97 Å². The van der Waals surface area contributed by atoms with Gasteiger partial charge in [0.15, 0.2) is 0 Å². The summed E-state index contributed by atoms with van der Waals surface area (Å²) in [5, 5.41) is 12.7. The van der Waals surface area contributed by atoms with Gasteiger partial charge < -0.3 is 19.5 Å². The highest BCUT2D eigenvalue weighted by Crippen LogP contribution is 2.36. The van der Waals surface area contributed by atoms with Crippen LogP contribution in [0.3, 0.4) is 0 Å². The summed E-state index contributed by atoms with van der Waals surface area (Å²) < 4.78 is 12.0. The first-order chi connectivity index (χ1) is 17.7. The number of rotatable bonds is 6. The number of aliphatic hydroxyl groups is 1. The van der Waals surface area contributed by atoms with Crippen molar-refractivity contribution in [2.24, 2.45) is 5.11 Å². The van der Waals surface area contributed by atoms with E-state index in [1.807, 2.05) is 37.3 Å². The largest absolute Gasteiger partial charge is 0.465 e. The minimum absolute atomic E-state index is 0.0655. The number of aromatic amines is 1. The topological polar surface area (TPSA) is 163 Å². The van der Waals surface area contributed by atoms with Crippen molar-refractivity contribution < 1.29 is 19.4 Å². The summed E-state index contributed by atoms with van der Waals surface area (Å²) in [6, 6.07) is 9.52. The predicted octanol–water partition coefficient (Wildman–Crippen LogP) is 2.02. The smallest absolute Gasteiger partial charge is 0.330 e. The zero-order chi connectivity index (χ0) is 27.0. The normalized spacial score (nSPS) is 22.9. The lowest BCUT2D eigenvalue weighted by Gasteiger charge is -2.38. The van der Waals surface area contributed by atoms with E-state index < -0.39 is 35.0 Å². The standard InChI is InChI=1S/C15H21NO2.C10H13N5O4/c1-3-18-14(17)15(9-11-16(2)12-10-15)13-7-5-4-6-8-13;1-5-3-15(10(18)12-9(5)17)8-2-6(13-14-11)7(4-16)19-8/h4-8H,3,9-12H2,1-2H3;3,6-8,16H,2,4H2,1H3,(H,12,17,18)/t;6-,7+,8+/m.0/s1. The molecule has 0 spiro atoms. The lowest BCUT2D eigenvalue weighted by atomic mass is 9.73. The van der Waals surface area contributed by atoms with Crippen molar-refractivity contribution in [3.8, 4) is 0 Å². The molecular weight excluding hydrogens is 480 g/mol. The van der Waals surface area contributed by atoms with Gasteiger partial charge in [-0.05, 0) is 57.9 Å². The molecule has 4 rings (SSSR count). The van der Waals surface area contributed by atoms with E-state index in [2.05, 4.69) is 27.0 Å². The number of ether oxygens (including phenoxy) is 2. The minimum Gasteiger partial charge on any atom is -0.465 e. The number of piperidine rings is 1. The van der Waals surface area contributed by atoms with Crippen molar-refractivity contribution in [1.29, 1.82) is 0 Å². The number of aliphatic hydroxyl groups excluding tert-OH is 1. The zero-order valence-electron chi connectivity index (χ0n) is 21.4. The summed E-state index contributed by atoms with van der Waals surface area (Å²) in [6.45, 7) is 5.45. The van der Waals surface area contributed by atoms with Crippen LogP contribution in [0.25, 0.3) is 10.4 Å². The molecule has 0 radical (unpaired) electrons. The van der Waals surface area contributed by atoms with Gasteiger partial charge in [-0.1, -0.05) is 35.4 Å². The van der Waals surface area contributed by atoms with Crippen molar-refractivity contribution in [1.82, 2.24) is 14.5 Å². The fourth-order valence-electron chi connectivity index (χ4n) is 4.68. The van der Waals surface area contributed by atoms with E-state index in [1.54, 1.807) is 6.92 Å². The third-order valence-electron chi connectivity index (χ3n) is 6.87. The molecule has 12 heteroatoms. The number of carbonyl (C=O) groups is 1. The second-order valence-corrected chi connectivity index (χ2v) is 9.27. The average molecular weight is 515 g/mol. The number of aromatic nitrogens is 2. The predicted molar refractivity (Wildman–Crippen MR) is 136 cm³/mol. The fraction of sp³-hybridized carbons (Fsp3) is 0.560. The maximum atomic E-state index is 12.4. The third kappa shape index (κ3) is 6.47. The molecule has 37 heavy (non-hydrogen) atoms. The molecule has 2 fully saturated rings. The van der Waals surface area contributed by atoms with Crippen LogP contribution < -0.4 is 11.2 Å². The second kappa shape index (κ2) is 12.7. The molecule has 2 aliphatic rings. The van der Waals surface area contributed by atoms with Gasteiger partial charge in [0, 0.05) is 23.1 Å². The van der Waals surface area contributed by atoms with Crippen molar-refractivity contribution in [3.05, 3.63) is 78.9 Å². The number of likely N-dealkylation sites (tertiary alicyclic amines) is 1. The first-order valence-electron chi connectivity index (χ1n) is 12.3. The summed E-state index contributed by atoms with van der Waals surface area (Å²) in [6.07, 6.45) is 2.01. The van der Waals surface area contributed by atoms with Crippen molar-refractivity contribution in [2.75, 3.05) is 33.4 Å². The first-order valence-corrected chi connectivity index (χ1v) is 12.3. The van der Waals surface area contributed by atoms with Crippen LogP contribution in [0.15, 0.2) is 51.2 Å². The molecule has 0 bridgehead atoms. The van der Waals surface area contributed by atoms with Gasteiger partial charge in [0.05, 0.1) is 30.8 Å². The van der Waals surface area contributed by atoms with Crippen LogP contribution in [0, 0.1) is 6.92 Å². The molecule has 1 aromatic heterocycles. The number of esters is 1. The van der Waals surface area contributed by atoms with E-state index in [0.29, 0.717) is 12.2 Å². The van der Waals surface area contributed by atoms with E-state index in [-0.39, 0.29) is 19.0 Å². The van der Waals surface area contributed by atoms with Gasteiger partial charge in [-0.15, -0.1) is 0 Å². The van der Waals surface area contributed by atoms with Crippen LogP contribution in [0.5, 0.6) is 0 Å². The molecule has 2 aliphatic heterocycles. The van der Waals surface area contributed by atoms with E-state index >= 15 is 0 Å².